The van der Waals surface area contributed by atoms with E-state index in [0.717, 1.165) is 49.6 Å². The third-order valence-corrected chi connectivity index (χ3v) is 4.96. The Morgan fingerprint density at radius 3 is 2.04 bits per heavy atom. The van der Waals surface area contributed by atoms with Crippen LogP contribution >= 0.6 is 0 Å². The Labute approximate surface area is 158 Å². The zero-order chi connectivity index (χ0) is 18.9. The van der Waals surface area contributed by atoms with Crippen LogP contribution in [0.2, 0.25) is 0 Å². The highest BCUT2D eigenvalue weighted by molar-refractivity contribution is 5.74. The number of fused-ring (bicyclic) bond motifs is 2. The van der Waals surface area contributed by atoms with Gasteiger partial charge < -0.3 is 14.6 Å². The number of aromatic hydroxyl groups is 1. The molecule has 0 atom stereocenters. The molecule has 142 valence electrons. The summed E-state index contributed by atoms with van der Waals surface area (Å²) in [5.74, 6) is 0.651. The molecular formula is C21H25N3O3. The Morgan fingerprint density at radius 1 is 0.926 bits per heavy atom. The van der Waals surface area contributed by atoms with Gasteiger partial charge in [-0.05, 0) is 25.0 Å². The summed E-state index contributed by atoms with van der Waals surface area (Å²) in [6, 6.07) is 11.0. The van der Waals surface area contributed by atoms with Gasteiger partial charge in [0, 0.05) is 25.0 Å². The summed E-state index contributed by atoms with van der Waals surface area (Å²) in [6.07, 6.45) is 5.89. The first kappa shape index (κ1) is 17.6. The monoisotopic (exact) mass is 367 g/mol. The van der Waals surface area contributed by atoms with Crippen LogP contribution in [0, 0.1) is 0 Å². The molecule has 0 unspecified atom stereocenters. The van der Waals surface area contributed by atoms with Gasteiger partial charge in [-0.3, -0.25) is 0 Å². The fourth-order valence-corrected chi connectivity index (χ4v) is 3.47. The Balaban J connectivity index is 1.68. The highest BCUT2D eigenvalue weighted by atomic mass is 16.7. The van der Waals surface area contributed by atoms with E-state index >= 15 is 0 Å². The molecule has 0 radical (unpaired) electrons. The molecule has 1 aliphatic heterocycles. The standard InChI is InChI=1S/C21H25N3O3/c1-3-5-11-21(12-6-4-2)26-19-13-17(18(25)14-20(19)27-21)24-22-15-9-7-8-10-16(15)23-24/h7-10,13-14,25H,3-6,11-12H2,1-2H3. The van der Waals surface area contributed by atoms with Crippen molar-refractivity contribution in [1.82, 2.24) is 15.0 Å². The molecule has 1 N–H and O–H groups in total. The van der Waals surface area contributed by atoms with E-state index < -0.39 is 5.79 Å². The van der Waals surface area contributed by atoms with Gasteiger partial charge in [0.1, 0.15) is 22.5 Å². The molecule has 0 bridgehead atoms. The minimum absolute atomic E-state index is 0.0689. The summed E-state index contributed by atoms with van der Waals surface area (Å²) < 4.78 is 12.5. The molecule has 0 spiro atoms. The van der Waals surface area contributed by atoms with Gasteiger partial charge in [-0.15, -0.1) is 15.0 Å². The molecule has 6 nitrogen and oxygen atoms in total. The zero-order valence-electron chi connectivity index (χ0n) is 15.8. The first-order valence-corrected chi connectivity index (χ1v) is 9.71. The molecule has 0 aliphatic carbocycles. The van der Waals surface area contributed by atoms with Crippen LogP contribution in [0.15, 0.2) is 36.4 Å². The molecule has 0 saturated carbocycles. The van der Waals surface area contributed by atoms with Gasteiger partial charge in [0.05, 0.1) is 0 Å². The second-order valence-electron chi connectivity index (χ2n) is 7.09. The number of benzene rings is 2. The summed E-state index contributed by atoms with van der Waals surface area (Å²) in [5.41, 5.74) is 2.03. The molecule has 27 heavy (non-hydrogen) atoms. The topological polar surface area (TPSA) is 69.4 Å². The lowest BCUT2D eigenvalue weighted by molar-refractivity contribution is -0.0944. The summed E-state index contributed by atoms with van der Waals surface area (Å²) >= 11 is 0. The summed E-state index contributed by atoms with van der Waals surface area (Å²) in [4.78, 5) is 1.45. The predicted molar refractivity (Wildman–Crippen MR) is 104 cm³/mol. The highest BCUT2D eigenvalue weighted by Crippen LogP contribution is 2.47. The SMILES string of the molecule is CCCCC1(CCCC)Oc2cc(O)c(-n3nc4ccccc4n3)cc2O1. The van der Waals surface area contributed by atoms with E-state index in [1.54, 1.807) is 12.1 Å². The van der Waals surface area contributed by atoms with Crippen LogP contribution in [0.1, 0.15) is 52.4 Å². The smallest absolute Gasteiger partial charge is 0.251 e. The van der Waals surface area contributed by atoms with Crippen molar-refractivity contribution in [2.75, 3.05) is 0 Å². The van der Waals surface area contributed by atoms with Gasteiger partial charge in [-0.2, -0.15) is 0 Å². The largest absolute Gasteiger partial charge is 0.505 e. The quantitative estimate of drug-likeness (QED) is 0.638. The maximum Gasteiger partial charge on any atom is 0.251 e. The minimum atomic E-state index is -0.637. The third kappa shape index (κ3) is 3.31. The van der Waals surface area contributed by atoms with Crippen LogP contribution in [-0.2, 0) is 0 Å². The van der Waals surface area contributed by atoms with Crippen molar-refractivity contribution in [1.29, 1.82) is 0 Å². The zero-order valence-corrected chi connectivity index (χ0v) is 15.8. The summed E-state index contributed by atoms with van der Waals surface area (Å²) in [5, 5.41) is 19.4. The lowest BCUT2D eigenvalue weighted by Gasteiger charge is -2.27. The number of ether oxygens (including phenoxy) is 2. The number of aromatic nitrogens is 3. The van der Waals surface area contributed by atoms with E-state index in [-0.39, 0.29) is 5.75 Å². The average Bonchev–Trinajstić information content (AvgIpc) is 3.25. The van der Waals surface area contributed by atoms with E-state index in [4.69, 9.17) is 9.47 Å². The highest BCUT2D eigenvalue weighted by Gasteiger charge is 2.41. The van der Waals surface area contributed by atoms with Crippen molar-refractivity contribution >= 4 is 11.0 Å². The number of rotatable bonds is 7. The van der Waals surface area contributed by atoms with Crippen molar-refractivity contribution in [3.63, 3.8) is 0 Å². The first-order valence-electron chi connectivity index (χ1n) is 9.71. The molecule has 2 heterocycles. The minimum Gasteiger partial charge on any atom is -0.505 e. The van der Waals surface area contributed by atoms with Crippen LogP contribution in [0.25, 0.3) is 16.7 Å². The Hall–Kier alpha value is -2.76. The first-order chi connectivity index (χ1) is 13.1. The lowest BCUT2D eigenvalue weighted by atomic mass is 10.0. The number of hydrogen-bond donors (Lipinski definition) is 1. The molecule has 0 saturated heterocycles. The van der Waals surface area contributed by atoms with Gasteiger partial charge in [-0.25, -0.2) is 0 Å². The second-order valence-corrected chi connectivity index (χ2v) is 7.09. The molecule has 1 aliphatic rings. The van der Waals surface area contributed by atoms with Gasteiger partial charge >= 0.3 is 0 Å². The number of nitrogens with zero attached hydrogens (tertiary/aromatic N) is 3. The van der Waals surface area contributed by atoms with Crippen molar-refractivity contribution in [3.8, 4) is 22.9 Å². The molecule has 3 aromatic rings. The molecule has 0 fully saturated rings. The third-order valence-electron chi connectivity index (χ3n) is 4.96. The molecule has 2 aromatic carbocycles. The molecule has 6 heteroatoms. The fraction of sp³-hybridized carbons (Fsp3) is 0.429. The molecule has 1 aromatic heterocycles. The molecule has 0 amide bonds. The maximum atomic E-state index is 10.5. The Morgan fingerprint density at radius 2 is 1.48 bits per heavy atom. The second kappa shape index (κ2) is 7.10. The van der Waals surface area contributed by atoms with Crippen LogP contribution in [-0.4, -0.2) is 25.9 Å². The van der Waals surface area contributed by atoms with Crippen LogP contribution < -0.4 is 9.47 Å². The summed E-state index contributed by atoms with van der Waals surface area (Å²) in [6.45, 7) is 4.32. The van der Waals surface area contributed by atoms with E-state index in [2.05, 4.69) is 24.0 Å². The van der Waals surface area contributed by atoms with E-state index in [0.29, 0.717) is 17.2 Å². The van der Waals surface area contributed by atoms with Gasteiger partial charge in [-0.1, -0.05) is 38.8 Å². The fourth-order valence-electron chi connectivity index (χ4n) is 3.47. The molecular weight excluding hydrogens is 342 g/mol. The van der Waals surface area contributed by atoms with Gasteiger partial charge in [0.25, 0.3) is 5.79 Å². The Kier molecular flexibility index (Phi) is 4.64. The van der Waals surface area contributed by atoms with Crippen LogP contribution in [0.4, 0.5) is 0 Å². The number of unbranched alkanes of at least 4 members (excludes halogenated alkanes) is 2. The van der Waals surface area contributed by atoms with Crippen LogP contribution in [0.3, 0.4) is 0 Å². The van der Waals surface area contributed by atoms with Crippen molar-refractivity contribution < 1.29 is 14.6 Å². The summed E-state index contributed by atoms with van der Waals surface area (Å²) in [7, 11) is 0. The number of phenols is 1. The van der Waals surface area contributed by atoms with Crippen molar-refractivity contribution in [3.05, 3.63) is 36.4 Å². The van der Waals surface area contributed by atoms with Crippen LogP contribution in [0.5, 0.6) is 17.2 Å². The van der Waals surface area contributed by atoms with E-state index in [9.17, 15) is 5.11 Å². The normalized spacial score (nSPS) is 14.7. The number of phenolic OH excluding ortho intramolecular Hbond substituents is 1. The molecule has 4 rings (SSSR count). The van der Waals surface area contributed by atoms with Crippen molar-refractivity contribution in [2.24, 2.45) is 0 Å². The average molecular weight is 367 g/mol. The lowest BCUT2D eigenvalue weighted by Crippen LogP contribution is -2.38. The Bertz CT molecular complexity index is 910. The van der Waals surface area contributed by atoms with Gasteiger partial charge in [0.15, 0.2) is 11.5 Å². The van der Waals surface area contributed by atoms with E-state index in [1.165, 1.54) is 4.80 Å². The van der Waals surface area contributed by atoms with Crippen molar-refractivity contribution in [2.45, 2.75) is 58.2 Å². The van der Waals surface area contributed by atoms with Gasteiger partial charge in [0.2, 0.25) is 0 Å². The van der Waals surface area contributed by atoms with E-state index in [1.807, 2.05) is 24.3 Å². The number of hydrogen-bond acceptors (Lipinski definition) is 5. The maximum absolute atomic E-state index is 10.5. The predicted octanol–water partition coefficient (Wildman–Crippen LogP) is 4.97.